The Kier molecular flexibility index (Phi) is 2.79. The number of aromatic hydroxyl groups is 1. The van der Waals surface area contributed by atoms with E-state index in [1.165, 1.54) is 12.1 Å². The number of halogens is 1. The Hall–Kier alpha value is -1.26. The quantitative estimate of drug-likeness (QED) is 0.698. The lowest BCUT2D eigenvalue weighted by molar-refractivity contribution is 0.0921. The summed E-state index contributed by atoms with van der Waals surface area (Å²) in [6.45, 7) is 1.56. The van der Waals surface area contributed by atoms with Gasteiger partial charge in [-0.1, -0.05) is 11.6 Å². The van der Waals surface area contributed by atoms with Gasteiger partial charge in [0, 0.05) is 18.1 Å². The third-order valence-electron chi connectivity index (χ3n) is 2.32. The van der Waals surface area contributed by atoms with Crippen molar-refractivity contribution in [3.05, 3.63) is 28.8 Å². The van der Waals surface area contributed by atoms with E-state index in [-0.39, 0.29) is 23.3 Å². The molecule has 1 amide bonds. The van der Waals surface area contributed by atoms with Crippen LogP contribution in [-0.4, -0.2) is 30.1 Å². The van der Waals surface area contributed by atoms with Crippen LogP contribution in [0.3, 0.4) is 0 Å². The van der Waals surface area contributed by atoms with Crippen LogP contribution in [0.4, 0.5) is 0 Å². The lowest BCUT2D eigenvalue weighted by atomic mass is 10.1. The second-order valence-electron chi connectivity index (χ2n) is 3.49. The number of carbonyl (C=O) groups excluding carboxylic acids is 1. The molecule has 1 aliphatic rings. The van der Waals surface area contributed by atoms with E-state index in [2.05, 4.69) is 10.6 Å². The van der Waals surface area contributed by atoms with Crippen LogP contribution in [0, 0.1) is 0 Å². The van der Waals surface area contributed by atoms with Crippen molar-refractivity contribution < 1.29 is 9.90 Å². The maximum atomic E-state index is 11.6. The average molecular weight is 227 g/mol. The number of amides is 1. The van der Waals surface area contributed by atoms with E-state index in [9.17, 15) is 9.90 Å². The maximum absolute atomic E-state index is 11.6. The van der Waals surface area contributed by atoms with E-state index in [0.717, 1.165) is 13.1 Å². The van der Waals surface area contributed by atoms with Crippen LogP contribution >= 0.6 is 11.6 Å². The van der Waals surface area contributed by atoms with Crippen molar-refractivity contribution in [1.29, 1.82) is 0 Å². The van der Waals surface area contributed by atoms with E-state index in [1.807, 2.05) is 0 Å². The summed E-state index contributed by atoms with van der Waals surface area (Å²) in [5, 5.41) is 15.7. The fourth-order valence-electron chi connectivity index (χ4n) is 1.35. The summed E-state index contributed by atoms with van der Waals surface area (Å²) in [6.07, 6.45) is 0. The first-order valence-corrected chi connectivity index (χ1v) is 5.04. The van der Waals surface area contributed by atoms with Crippen molar-refractivity contribution in [3.8, 4) is 5.75 Å². The molecule has 0 radical (unpaired) electrons. The zero-order chi connectivity index (χ0) is 10.8. The van der Waals surface area contributed by atoms with Crippen LogP contribution < -0.4 is 10.6 Å². The highest BCUT2D eigenvalue weighted by molar-refractivity contribution is 6.30. The summed E-state index contributed by atoms with van der Waals surface area (Å²) >= 11 is 5.66. The van der Waals surface area contributed by atoms with Gasteiger partial charge in [-0.3, -0.25) is 4.79 Å². The monoisotopic (exact) mass is 226 g/mol. The first kappa shape index (κ1) is 10.3. The summed E-state index contributed by atoms with van der Waals surface area (Å²) in [6, 6.07) is 4.61. The zero-order valence-corrected chi connectivity index (χ0v) is 8.71. The zero-order valence-electron chi connectivity index (χ0n) is 7.96. The molecule has 0 atom stereocenters. The number of nitrogens with one attached hydrogen (secondary N) is 2. The molecule has 0 aromatic heterocycles. The molecular weight excluding hydrogens is 216 g/mol. The van der Waals surface area contributed by atoms with Gasteiger partial charge < -0.3 is 15.7 Å². The van der Waals surface area contributed by atoms with Crippen molar-refractivity contribution in [2.24, 2.45) is 0 Å². The molecular formula is C10H11ClN2O2. The minimum atomic E-state index is -0.268. The highest BCUT2D eigenvalue weighted by atomic mass is 35.5. The fourth-order valence-corrected chi connectivity index (χ4v) is 1.52. The number of hydrogen-bond donors (Lipinski definition) is 3. The molecule has 80 valence electrons. The molecule has 2 rings (SSSR count). The first-order chi connectivity index (χ1) is 7.16. The largest absolute Gasteiger partial charge is 0.507 e. The van der Waals surface area contributed by atoms with Crippen LogP contribution in [-0.2, 0) is 0 Å². The highest BCUT2D eigenvalue weighted by Gasteiger charge is 2.20. The molecule has 5 heteroatoms. The minimum absolute atomic E-state index is 0.0905. The molecule has 1 heterocycles. The Morgan fingerprint density at radius 1 is 1.53 bits per heavy atom. The lowest BCUT2D eigenvalue weighted by Gasteiger charge is -2.28. The molecule has 1 aliphatic heterocycles. The Labute approximate surface area is 92.2 Å². The lowest BCUT2D eigenvalue weighted by Crippen LogP contribution is -2.56. The van der Waals surface area contributed by atoms with Gasteiger partial charge in [-0.2, -0.15) is 0 Å². The van der Waals surface area contributed by atoms with Gasteiger partial charge in [0.05, 0.1) is 11.6 Å². The molecule has 1 saturated heterocycles. The molecule has 0 saturated carbocycles. The standard InChI is InChI=1S/C10H11ClN2O2/c11-6-1-2-8(9(14)3-6)10(15)13-7-4-12-5-7/h1-3,7,12,14H,4-5H2,(H,13,15). The van der Waals surface area contributed by atoms with E-state index in [4.69, 9.17) is 11.6 Å². The van der Waals surface area contributed by atoms with Crippen LogP contribution in [0.25, 0.3) is 0 Å². The van der Waals surface area contributed by atoms with Crippen molar-refractivity contribution >= 4 is 17.5 Å². The number of phenolic OH excluding ortho intramolecular Hbond substituents is 1. The maximum Gasteiger partial charge on any atom is 0.255 e. The summed E-state index contributed by atoms with van der Waals surface area (Å²) < 4.78 is 0. The summed E-state index contributed by atoms with van der Waals surface area (Å²) in [7, 11) is 0. The molecule has 15 heavy (non-hydrogen) atoms. The topological polar surface area (TPSA) is 61.4 Å². The molecule has 1 fully saturated rings. The van der Waals surface area contributed by atoms with Crippen molar-refractivity contribution in [2.45, 2.75) is 6.04 Å². The normalized spacial score (nSPS) is 15.8. The van der Waals surface area contributed by atoms with Crippen LogP contribution in [0.1, 0.15) is 10.4 Å². The number of rotatable bonds is 2. The molecule has 0 aliphatic carbocycles. The van der Waals surface area contributed by atoms with Gasteiger partial charge in [-0.15, -0.1) is 0 Å². The summed E-state index contributed by atoms with van der Waals surface area (Å²) in [4.78, 5) is 11.6. The number of benzene rings is 1. The highest BCUT2D eigenvalue weighted by Crippen LogP contribution is 2.21. The molecule has 0 spiro atoms. The Bertz CT molecular complexity index is 391. The van der Waals surface area contributed by atoms with Gasteiger partial charge in [0.2, 0.25) is 0 Å². The molecule has 3 N–H and O–H groups in total. The Morgan fingerprint density at radius 2 is 2.27 bits per heavy atom. The number of hydrogen-bond acceptors (Lipinski definition) is 3. The molecule has 4 nitrogen and oxygen atoms in total. The molecule has 0 unspecified atom stereocenters. The van der Waals surface area contributed by atoms with Gasteiger partial charge in [0.15, 0.2) is 0 Å². The second kappa shape index (κ2) is 4.08. The van der Waals surface area contributed by atoms with Crippen molar-refractivity contribution in [2.75, 3.05) is 13.1 Å². The summed E-state index contributed by atoms with van der Waals surface area (Å²) in [5.74, 6) is -0.358. The number of carbonyl (C=O) groups is 1. The van der Waals surface area contributed by atoms with Gasteiger partial charge in [0.1, 0.15) is 5.75 Å². The van der Waals surface area contributed by atoms with Crippen molar-refractivity contribution in [3.63, 3.8) is 0 Å². The SMILES string of the molecule is O=C(NC1CNC1)c1ccc(Cl)cc1O. The van der Waals surface area contributed by atoms with Gasteiger partial charge in [0.25, 0.3) is 5.91 Å². The molecule has 1 aromatic carbocycles. The third kappa shape index (κ3) is 2.22. The van der Waals surface area contributed by atoms with Gasteiger partial charge >= 0.3 is 0 Å². The number of phenols is 1. The van der Waals surface area contributed by atoms with Crippen LogP contribution in [0.2, 0.25) is 5.02 Å². The van der Waals surface area contributed by atoms with Crippen LogP contribution in [0.5, 0.6) is 5.75 Å². The summed E-state index contributed by atoms with van der Waals surface area (Å²) in [5.41, 5.74) is 0.256. The fraction of sp³-hybridized carbons (Fsp3) is 0.300. The Morgan fingerprint density at radius 3 is 2.80 bits per heavy atom. The predicted molar refractivity (Wildman–Crippen MR) is 57.2 cm³/mol. The molecule has 0 bridgehead atoms. The Balaban J connectivity index is 2.10. The van der Waals surface area contributed by atoms with Gasteiger partial charge in [-0.25, -0.2) is 0 Å². The first-order valence-electron chi connectivity index (χ1n) is 4.67. The van der Waals surface area contributed by atoms with E-state index < -0.39 is 0 Å². The van der Waals surface area contributed by atoms with Crippen molar-refractivity contribution in [1.82, 2.24) is 10.6 Å². The van der Waals surface area contributed by atoms with Crippen LogP contribution in [0.15, 0.2) is 18.2 Å². The van der Waals surface area contributed by atoms with Gasteiger partial charge in [-0.05, 0) is 18.2 Å². The second-order valence-corrected chi connectivity index (χ2v) is 3.93. The molecule has 1 aromatic rings. The smallest absolute Gasteiger partial charge is 0.255 e. The van der Waals surface area contributed by atoms with E-state index in [1.54, 1.807) is 6.07 Å². The minimum Gasteiger partial charge on any atom is -0.507 e. The van der Waals surface area contributed by atoms with E-state index >= 15 is 0 Å². The average Bonchev–Trinajstić information content (AvgIpc) is 2.11. The van der Waals surface area contributed by atoms with E-state index in [0.29, 0.717) is 5.02 Å². The predicted octanol–water partition coefficient (Wildman–Crippen LogP) is 0.747. The third-order valence-corrected chi connectivity index (χ3v) is 2.56.